The number of ether oxygens (including phenoxy) is 1. The molecule has 0 bridgehead atoms. The summed E-state index contributed by atoms with van der Waals surface area (Å²) < 4.78 is 33.2. The average molecular weight is 342 g/mol. The second kappa shape index (κ2) is 7.12. The van der Waals surface area contributed by atoms with Crippen molar-refractivity contribution < 1.29 is 13.5 Å². The number of halogens is 2. The Morgan fingerprint density at radius 2 is 1.96 bits per heavy atom. The van der Waals surface area contributed by atoms with Gasteiger partial charge in [-0.15, -0.1) is 0 Å². The van der Waals surface area contributed by atoms with Gasteiger partial charge in [-0.3, -0.25) is 0 Å². The SMILES string of the molecule is Cc1cn(N=Cc2cccc(COc3cc(F)cc(F)c3)c2)c(N)n1. The molecule has 0 unspecified atom stereocenters. The molecule has 0 saturated carbocycles. The van der Waals surface area contributed by atoms with Crippen LogP contribution in [0.3, 0.4) is 0 Å². The Balaban J connectivity index is 1.70. The summed E-state index contributed by atoms with van der Waals surface area (Å²) in [5.41, 5.74) is 8.17. The third-order valence-corrected chi connectivity index (χ3v) is 3.36. The van der Waals surface area contributed by atoms with Crippen LogP contribution in [0.15, 0.2) is 53.8 Å². The zero-order valence-electron chi connectivity index (χ0n) is 13.5. The maximum atomic E-state index is 13.2. The fourth-order valence-electron chi connectivity index (χ4n) is 2.27. The average Bonchev–Trinajstić information content (AvgIpc) is 2.88. The predicted octanol–water partition coefficient (Wildman–Crippen LogP) is 3.51. The minimum Gasteiger partial charge on any atom is -0.489 e. The standard InChI is InChI=1S/C18H16F2N4O/c1-12-10-24(18(21)23-12)22-9-13-3-2-4-14(5-13)11-25-17-7-15(19)6-16(20)8-17/h2-10H,11H2,1H3,(H2,21,23). The van der Waals surface area contributed by atoms with Crippen LogP contribution in [0.4, 0.5) is 14.7 Å². The van der Waals surface area contributed by atoms with E-state index in [9.17, 15) is 8.78 Å². The second-order valence-corrected chi connectivity index (χ2v) is 5.47. The third-order valence-electron chi connectivity index (χ3n) is 3.36. The quantitative estimate of drug-likeness (QED) is 0.722. The fraction of sp³-hybridized carbons (Fsp3) is 0.111. The topological polar surface area (TPSA) is 65.4 Å². The van der Waals surface area contributed by atoms with Gasteiger partial charge in [0.05, 0.1) is 18.1 Å². The Morgan fingerprint density at radius 1 is 1.20 bits per heavy atom. The highest BCUT2D eigenvalue weighted by atomic mass is 19.1. The van der Waals surface area contributed by atoms with E-state index in [-0.39, 0.29) is 12.4 Å². The molecule has 0 atom stereocenters. The van der Waals surface area contributed by atoms with Gasteiger partial charge in [-0.2, -0.15) is 5.10 Å². The molecule has 0 amide bonds. The molecule has 3 rings (SSSR count). The van der Waals surface area contributed by atoms with Gasteiger partial charge in [0.1, 0.15) is 24.0 Å². The molecule has 1 aromatic heterocycles. The van der Waals surface area contributed by atoms with E-state index in [0.29, 0.717) is 5.95 Å². The fourth-order valence-corrected chi connectivity index (χ4v) is 2.27. The van der Waals surface area contributed by atoms with Gasteiger partial charge < -0.3 is 10.5 Å². The summed E-state index contributed by atoms with van der Waals surface area (Å²) in [5, 5.41) is 4.24. The number of aromatic nitrogens is 2. The summed E-state index contributed by atoms with van der Waals surface area (Å²) in [5.74, 6) is -0.909. The Hall–Kier alpha value is -3.22. The van der Waals surface area contributed by atoms with E-state index in [0.717, 1.165) is 35.0 Å². The van der Waals surface area contributed by atoms with Crippen LogP contribution in [0, 0.1) is 18.6 Å². The van der Waals surface area contributed by atoms with Gasteiger partial charge in [0.25, 0.3) is 0 Å². The summed E-state index contributed by atoms with van der Waals surface area (Å²) in [6, 6.07) is 10.5. The Morgan fingerprint density at radius 3 is 2.64 bits per heavy atom. The summed E-state index contributed by atoms with van der Waals surface area (Å²) in [6.45, 7) is 2.01. The molecule has 0 aliphatic heterocycles. The van der Waals surface area contributed by atoms with Crippen molar-refractivity contribution in [2.24, 2.45) is 5.10 Å². The van der Waals surface area contributed by atoms with Gasteiger partial charge in [-0.05, 0) is 24.1 Å². The number of hydrogen-bond acceptors (Lipinski definition) is 4. The maximum absolute atomic E-state index is 13.2. The summed E-state index contributed by atoms with van der Waals surface area (Å²) >= 11 is 0. The number of nitrogens with two attached hydrogens (primary N) is 1. The van der Waals surface area contributed by atoms with Crippen molar-refractivity contribution in [1.82, 2.24) is 9.66 Å². The first-order valence-corrected chi connectivity index (χ1v) is 7.53. The molecule has 1 heterocycles. The third kappa shape index (κ3) is 4.41. The number of rotatable bonds is 5. The zero-order chi connectivity index (χ0) is 17.8. The van der Waals surface area contributed by atoms with Crippen molar-refractivity contribution in [2.45, 2.75) is 13.5 Å². The van der Waals surface area contributed by atoms with Crippen molar-refractivity contribution in [2.75, 3.05) is 5.73 Å². The molecule has 3 aromatic rings. The van der Waals surface area contributed by atoms with Crippen LogP contribution < -0.4 is 10.5 Å². The first-order valence-electron chi connectivity index (χ1n) is 7.53. The smallest absolute Gasteiger partial charge is 0.221 e. The molecule has 0 spiro atoms. The number of aryl methyl sites for hydroxylation is 1. The van der Waals surface area contributed by atoms with E-state index >= 15 is 0 Å². The lowest BCUT2D eigenvalue weighted by atomic mass is 10.1. The molecule has 25 heavy (non-hydrogen) atoms. The van der Waals surface area contributed by atoms with Crippen molar-refractivity contribution in [3.63, 3.8) is 0 Å². The molecule has 2 aromatic carbocycles. The summed E-state index contributed by atoms with van der Waals surface area (Å²) in [6.07, 6.45) is 3.36. The predicted molar refractivity (Wildman–Crippen MR) is 91.5 cm³/mol. The molecule has 0 radical (unpaired) electrons. The van der Waals surface area contributed by atoms with Crippen molar-refractivity contribution in [3.8, 4) is 5.75 Å². The van der Waals surface area contributed by atoms with Crippen LogP contribution >= 0.6 is 0 Å². The minimum atomic E-state index is -0.677. The molecular weight excluding hydrogens is 326 g/mol. The van der Waals surface area contributed by atoms with Gasteiger partial charge in [-0.1, -0.05) is 18.2 Å². The molecule has 2 N–H and O–H groups in total. The van der Waals surface area contributed by atoms with Gasteiger partial charge in [0.15, 0.2) is 0 Å². The van der Waals surface area contributed by atoms with Crippen molar-refractivity contribution >= 4 is 12.2 Å². The molecule has 0 aliphatic carbocycles. The Labute approximate surface area is 143 Å². The molecular formula is C18H16F2N4O. The van der Waals surface area contributed by atoms with E-state index < -0.39 is 11.6 Å². The molecule has 128 valence electrons. The van der Waals surface area contributed by atoms with Gasteiger partial charge in [0, 0.05) is 18.2 Å². The number of nitrogens with zero attached hydrogens (tertiary/aromatic N) is 3. The lowest BCUT2D eigenvalue weighted by Gasteiger charge is -2.07. The summed E-state index contributed by atoms with van der Waals surface area (Å²) in [4.78, 5) is 4.06. The maximum Gasteiger partial charge on any atom is 0.221 e. The van der Waals surface area contributed by atoms with Crippen LogP contribution in [0.1, 0.15) is 16.8 Å². The molecule has 7 heteroatoms. The Bertz CT molecular complexity index is 901. The normalized spacial score (nSPS) is 11.2. The molecule has 5 nitrogen and oxygen atoms in total. The lowest BCUT2D eigenvalue weighted by molar-refractivity contribution is 0.302. The Kier molecular flexibility index (Phi) is 4.74. The first-order chi connectivity index (χ1) is 12.0. The van der Waals surface area contributed by atoms with Gasteiger partial charge in [0.2, 0.25) is 5.95 Å². The van der Waals surface area contributed by atoms with Crippen molar-refractivity contribution in [3.05, 3.63) is 77.1 Å². The van der Waals surface area contributed by atoms with Gasteiger partial charge in [-0.25, -0.2) is 18.4 Å². The molecule has 0 fully saturated rings. The second-order valence-electron chi connectivity index (χ2n) is 5.47. The number of hydrogen-bond donors (Lipinski definition) is 1. The van der Waals surface area contributed by atoms with E-state index in [1.165, 1.54) is 4.68 Å². The highest BCUT2D eigenvalue weighted by Gasteiger charge is 2.03. The molecule has 0 saturated heterocycles. The highest BCUT2D eigenvalue weighted by Crippen LogP contribution is 2.17. The van der Waals surface area contributed by atoms with E-state index in [1.807, 2.05) is 31.2 Å². The first kappa shape index (κ1) is 16.6. The van der Waals surface area contributed by atoms with E-state index in [1.54, 1.807) is 12.4 Å². The number of nitrogen functional groups attached to an aromatic ring is 1. The largest absolute Gasteiger partial charge is 0.489 e. The van der Waals surface area contributed by atoms with Crippen LogP contribution in [-0.2, 0) is 6.61 Å². The van der Waals surface area contributed by atoms with E-state index in [4.69, 9.17) is 10.5 Å². The van der Waals surface area contributed by atoms with Gasteiger partial charge >= 0.3 is 0 Å². The van der Waals surface area contributed by atoms with E-state index in [2.05, 4.69) is 10.1 Å². The summed E-state index contributed by atoms with van der Waals surface area (Å²) in [7, 11) is 0. The minimum absolute atomic E-state index is 0.137. The number of anilines is 1. The van der Waals surface area contributed by atoms with Crippen LogP contribution in [-0.4, -0.2) is 15.9 Å². The molecule has 0 aliphatic rings. The highest BCUT2D eigenvalue weighted by molar-refractivity contribution is 5.79. The van der Waals surface area contributed by atoms with Crippen molar-refractivity contribution in [1.29, 1.82) is 0 Å². The number of benzene rings is 2. The van der Waals surface area contributed by atoms with Crippen LogP contribution in [0.2, 0.25) is 0 Å². The number of imidazole rings is 1. The van der Waals surface area contributed by atoms with Crippen LogP contribution in [0.5, 0.6) is 5.75 Å². The monoisotopic (exact) mass is 342 g/mol. The zero-order valence-corrected chi connectivity index (χ0v) is 13.5. The lowest BCUT2D eigenvalue weighted by Crippen LogP contribution is -1.99. The van der Waals surface area contributed by atoms with Crippen LogP contribution in [0.25, 0.3) is 0 Å².